The molecule has 92 valence electrons. The van der Waals surface area contributed by atoms with Crippen LogP contribution in [0.3, 0.4) is 0 Å². The molecule has 1 N–H and O–H groups in total. The van der Waals surface area contributed by atoms with Gasteiger partial charge in [-0.2, -0.15) is 4.98 Å². The lowest BCUT2D eigenvalue weighted by Gasteiger charge is -2.20. The summed E-state index contributed by atoms with van der Waals surface area (Å²) in [6, 6.07) is 0. The average molecular weight is 227 g/mol. The molecular formula is C11H21N3O2. The van der Waals surface area contributed by atoms with E-state index in [0.29, 0.717) is 31.3 Å². The molecule has 1 aromatic rings. The summed E-state index contributed by atoms with van der Waals surface area (Å²) >= 11 is 0. The molecule has 0 fully saturated rings. The Kier molecular flexibility index (Phi) is 4.89. The van der Waals surface area contributed by atoms with E-state index in [1.165, 1.54) is 0 Å². The second kappa shape index (κ2) is 5.96. The molecule has 16 heavy (non-hydrogen) atoms. The molecule has 0 unspecified atom stereocenters. The summed E-state index contributed by atoms with van der Waals surface area (Å²) in [6.07, 6.45) is 0.694. The van der Waals surface area contributed by atoms with Crippen LogP contribution < -0.4 is 5.32 Å². The van der Waals surface area contributed by atoms with Crippen molar-refractivity contribution >= 4 is 0 Å². The maximum Gasteiger partial charge on any atom is 0.246 e. The Morgan fingerprint density at radius 1 is 1.38 bits per heavy atom. The van der Waals surface area contributed by atoms with Crippen molar-refractivity contribution in [3.63, 3.8) is 0 Å². The number of aromatic nitrogens is 2. The smallest absolute Gasteiger partial charge is 0.246 e. The van der Waals surface area contributed by atoms with Crippen molar-refractivity contribution in [3.05, 3.63) is 11.7 Å². The average Bonchev–Trinajstić information content (AvgIpc) is 2.67. The van der Waals surface area contributed by atoms with Gasteiger partial charge in [0, 0.05) is 13.0 Å². The number of nitrogens with zero attached hydrogens (tertiary/aromatic N) is 2. The number of hydrogen-bond donors (Lipinski definition) is 1. The van der Waals surface area contributed by atoms with Gasteiger partial charge in [0.1, 0.15) is 0 Å². The van der Waals surface area contributed by atoms with E-state index in [1.54, 1.807) is 0 Å². The van der Waals surface area contributed by atoms with Gasteiger partial charge in [-0.1, -0.05) is 12.1 Å². The van der Waals surface area contributed by atoms with Crippen LogP contribution >= 0.6 is 0 Å². The first-order valence-electron chi connectivity index (χ1n) is 5.76. The zero-order chi connectivity index (χ0) is 12.0. The van der Waals surface area contributed by atoms with Gasteiger partial charge in [-0.05, 0) is 27.3 Å². The first-order valence-corrected chi connectivity index (χ1v) is 5.76. The lowest BCUT2D eigenvalue weighted by atomic mass is 10.1. The molecule has 0 aliphatic heterocycles. The predicted octanol–water partition coefficient (Wildman–Crippen LogP) is 1.49. The third kappa shape index (κ3) is 3.57. The van der Waals surface area contributed by atoms with E-state index in [-0.39, 0.29) is 5.54 Å². The molecule has 0 aromatic carbocycles. The third-order valence-electron chi connectivity index (χ3n) is 2.30. The molecule has 5 heteroatoms. The summed E-state index contributed by atoms with van der Waals surface area (Å²) in [6.45, 7) is 10.3. The van der Waals surface area contributed by atoms with Gasteiger partial charge in [0.2, 0.25) is 5.89 Å². The first-order chi connectivity index (χ1) is 7.60. The van der Waals surface area contributed by atoms with Gasteiger partial charge in [0.25, 0.3) is 0 Å². The fraction of sp³-hybridized carbons (Fsp3) is 0.818. The molecule has 1 heterocycles. The molecule has 5 nitrogen and oxygen atoms in total. The van der Waals surface area contributed by atoms with E-state index in [2.05, 4.69) is 15.5 Å². The normalized spacial score (nSPS) is 12.0. The summed E-state index contributed by atoms with van der Waals surface area (Å²) < 4.78 is 10.5. The number of ether oxygens (including phenoxy) is 1. The van der Waals surface area contributed by atoms with Crippen LogP contribution in [0.1, 0.15) is 39.4 Å². The maximum absolute atomic E-state index is 5.24. The van der Waals surface area contributed by atoms with E-state index < -0.39 is 0 Å². The number of hydrogen-bond acceptors (Lipinski definition) is 5. The topological polar surface area (TPSA) is 60.2 Å². The van der Waals surface area contributed by atoms with Crippen LogP contribution in [-0.2, 0) is 16.7 Å². The minimum atomic E-state index is -0.272. The molecule has 0 aliphatic rings. The van der Waals surface area contributed by atoms with E-state index in [1.807, 2.05) is 27.7 Å². The number of nitrogens with one attached hydrogen (secondary N) is 1. The van der Waals surface area contributed by atoms with Crippen LogP contribution in [0.25, 0.3) is 0 Å². The van der Waals surface area contributed by atoms with E-state index in [9.17, 15) is 0 Å². The molecule has 1 rings (SSSR count). The fourth-order valence-electron chi connectivity index (χ4n) is 1.43. The minimum Gasteiger partial charge on any atom is -0.381 e. The van der Waals surface area contributed by atoms with E-state index in [0.717, 1.165) is 6.54 Å². The van der Waals surface area contributed by atoms with Gasteiger partial charge in [0.15, 0.2) is 5.82 Å². The standard InChI is InChI=1S/C11H21N3O2/c1-5-12-11(3,4)10-13-9(14-16-10)7-8-15-6-2/h12H,5-8H2,1-4H3. The maximum atomic E-state index is 5.24. The van der Waals surface area contributed by atoms with Gasteiger partial charge in [-0.15, -0.1) is 0 Å². The molecule has 0 atom stereocenters. The molecule has 0 spiro atoms. The van der Waals surface area contributed by atoms with Crippen LogP contribution in [0.4, 0.5) is 0 Å². The highest BCUT2D eigenvalue weighted by Gasteiger charge is 2.26. The van der Waals surface area contributed by atoms with E-state index >= 15 is 0 Å². The van der Waals surface area contributed by atoms with Crippen molar-refractivity contribution in [3.8, 4) is 0 Å². The fourth-order valence-corrected chi connectivity index (χ4v) is 1.43. The molecular weight excluding hydrogens is 206 g/mol. The summed E-state index contributed by atoms with van der Waals surface area (Å²) in [5, 5.41) is 7.22. The molecule has 0 saturated carbocycles. The zero-order valence-corrected chi connectivity index (χ0v) is 10.5. The Balaban J connectivity index is 2.56. The van der Waals surface area contributed by atoms with Crippen molar-refractivity contribution in [2.24, 2.45) is 0 Å². The highest BCUT2D eigenvalue weighted by molar-refractivity contribution is 4.99. The largest absolute Gasteiger partial charge is 0.381 e. The van der Waals surface area contributed by atoms with Gasteiger partial charge in [-0.25, -0.2) is 0 Å². The SMILES string of the molecule is CCNC(C)(C)c1nc(CCOCC)no1. The second-order valence-electron chi connectivity index (χ2n) is 4.12. The summed E-state index contributed by atoms with van der Waals surface area (Å²) in [4.78, 5) is 4.35. The van der Waals surface area contributed by atoms with Crippen LogP contribution in [0.2, 0.25) is 0 Å². The highest BCUT2D eigenvalue weighted by atomic mass is 16.5. The first kappa shape index (κ1) is 13.1. The van der Waals surface area contributed by atoms with E-state index in [4.69, 9.17) is 9.26 Å². The van der Waals surface area contributed by atoms with Gasteiger partial charge >= 0.3 is 0 Å². The Bertz CT molecular complexity index is 310. The monoisotopic (exact) mass is 227 g/mol. The Morgan fingerprint density at radius 3 is 2.75 bits per heavy atom. The zero-order valence-electron chi connectivity index (χ0n) is 10.5. The van der Waals surface area contributed by atoms with Crippen molar-refractivity contribution in [2.45, 2.75) is 39.7 Å². The Morgan fingerprint density at radius 2 is 2.12 bits per heavy atom. The molecule has 0 bridgehead atoms. The van der Waals surface area contributed by atoms with Crippen LogP contribution in [0.5, 0.6) is 0 Å². The van der Waals surface area contributed by atoms with Crippen molar-refractivity contribution < 1.29 is 9.26 Å². The van der Waals surface area contributed by atoms with Gasteiger partial charge in [-0.3, -0.25) is 0 Å². The summed E-state index contributed by atoms with van der Waals surface area (Å²) in [5.41, 5.74) is -0.272. The highest BCUT2D eigenvalue weighted by Crippen LogP contribution is 2.17. The molecule has 0 amide bonds. The second-order valence-corrected chi connectivity index (χ2v) is 4.12. The predicted molar refractivity (Wildman–Crippen MR) is 61.2 cm³/mol. The molecule has 1 aromatic heterocycles. The van der Waals surface area contributed by atoms with Crippen LogP contribution in [0.15, 0.2) is 4.52 Å². The van der Waals surface area contributed by atoms with Crippen LogP contribution in [-0.4, -0.2) is 29.9 Å². The van der Waals surface area contributed by atoms with Crippen molar-refractivity contribution in [1.82, 2.24) is 15.5 Å². The molecule has 0 radical (unpaired) electrons. The van der Waals surface area contributed by atoms with Crippen molar-refractivity contribution in [1.29, 1.82) is 0 Å². The minimum absolute atomic E-state index is 0.272. The Labute approximate surface area is 96.6 Å². The van der Waals surface area contributed by atoms with Gasteiger partial charge < -0.3 is 14.6 Å². The van der Waals surface area contributed by atoms with Crippen LogP contribution in [0, 0.1) is 0 Å². The molecule has 0 aliphatic carbocycles. The quantitative estimate of drug-likeness (QED) is 0.715. The third-order valence-corrected chi connectivity index (χ3v) is 2.30. The lowest BCUT2D eigenvalue weighted by Crippen LogP contribution is -2.36. The van der Waals surface area contributed by atoms with Crippen molar-refractivity contribution in [2.75, 3.05) is 19.8 Å². The Hall–Kier alpha value is -0.940. The number of rotatable bonds is 7. The lowest BCUT2D eigenvalue weighted by molar-refractivity contribution is 0.149. The van der Waals surface area contributed by atoms with Gasteiger partial charge in [0.05, 0.1) is 12.1 Å². The summed E-state index contributed by atoms with van der Waals surface area (Å²) in [7, 11) is 0. The molecule has 0 saturated heterocycles. The summed E-state index contributed by atoms with van der Waals surface area (Å²) in [5.74, 6) is 1.33.